The summed E-state index contributed by atoms with van der Waals surface area (Å²) in [6.07, 6.45) is 10.6. The average Bonchev–Trinajstić information content (AvgIpc) is 2.72. The number of esters is 2. The quantitative estimate of drug-likeness (QED) is 0.347. The van der Waals surface area contributed by atoms with E-state index in [-0.39, 0.29) is 73.6 Å². The summed E-state index contributed by atoms with van der Waals surface area (Å²) in [5, 5.41) is 0. The first kappa shape index (κ1) is 27.5. The van der Waals surface area contributed by atoms with Crippen LogP contribution in [-0.4, -0.2) is 49.9 Å². The van der Waals surface area contributed by atoms with E-state index in [9.17, 15) is 19.2 Å². The van der Waals surface area contributed by atoms with Crippen LogP contribution in [0.3, 0.4) is 0 Å². The van der Waals surface area contributed by atoms with Crippen molar-refractivity contribution in [1.82, 2.24) is 0 Å². The maximum absolute atomic E-state index is 12.4. The topological polar surface area (TPSA) is 96.0 Å². The zero-order valence-electron chi connectivity index (χ0n) is 20.5. The Hall–Kier alpha value is -1.76. The smallest absolute Gasteiger partial charge is 0.309 e. The molecular weight excluding hydrogens is 424 g/mol. The molecule has 0 spiro atoms. The summed E-state index contributed by atoms with van der Waals surface area (Å²) in [6, 6.07) is 0. The van der Waals surface area contributed by atoms with E-state index in [0.29, 0.717) is 12.8 Å². The van der Waals surface area contributed by atoms with Crippen LogP contribution in [0.25, 0.3) is 0 Å². The highest BCUT2D eigenvalue weighted by atomic mass is 16.6. The number of hydrogen-bond acceptors (Lipinski definition) is 7. The normalized spacial score (nSPS) is 26.7. The third-order valence-corrected chi connectivity index (χ3v) is 7.11. The van der Waals surface area contributed by atoms with Gasteiger partial charge in [-0.15, -0.1) is 0 Å². The number of carbonyl (C=O) groups excluding carboxylic acids is 4. The molecule has 0 saturated heterocycles. The van der Waals surface area contributed by atoms with Crippen molar-refractivity contribution >= 4 is 23.5 Å². The lowest BCUT2D eigenvalue weighted by Gasteiger charge is -2.24. The van der Waals surface area contributed by atoms with E-state index in [1.165, 1.54) is 0 Å². The lowest BCUT2D eigenvalue weighted by Crippen LogP contribution is -2.27. The minimum atomic E-state index is -0.248. The summed E-state index contributed by atoms with van der Waals surface area (Å²) >= 11 is 0. The van der Waals surface area contributed by atoms with Crippen LogP contribution >= 0.6 is 0 Å². The number of Topliss-reactive ketones (excluding diaryl/α,β-unsaturated/α-hetero) is 2. The average molecular weight is 467 g/mol. The molecule has 0 radical (unpaired) electrons. The van der Waals surface area contributed by atoms with Crippen molar-refractivity contribution in [1.29, 1.82) is 0 Å². The van der Waals surface area contributed by atoms with Gasteiger partial charge in [-0.3, -0.25) is 19.2 Å². The lowest BCUT2D eigenvalue weighted by molar-refractivity contribution is -0.152. The summed E-state index contributed by atoms with van der Waals surface area (Å²) in [6.45, 7) is 3.99. The molecular formula is C26H42O7. The molecule has 0 unspecified atom stereocenters. The highest BCUT2D eigenvalue weighted by Gasteiger charge is 2.29. The van der Waals surface area contributed by atoms with Gasteiger partial charge in [0.15, 0.2) is 0 Å². The Morgan fingerprint density at radius 3 is 1.27 bits per heavy atom. The lowest BCUT2D eigenvalue weighted by atomic mass is 9.82. The second kappa shape index (κ2) is 15.2. The Balaban J connectivity index is 1.60. The van der Waals surface area contributed by atoms with Crippen molar-refractivity contribution in [3.8, 4) is 0 Å². The molecule has 7 heteroatoms. The van der Waals surface area contributed by atoms with Gasteiger partial charge < -0.3 is 14.2 Å². The van der Waals surface area contributed by atoms with Gasteiger partial charge in [0.25, 0.3) is 0 Å². The number of ether oxygens (including phenoxy) is 3. The van der Waals surface area contributed by atoms with E-state index < -0.39 is 0 Å². The van der Waals surface area contributed by atoms with Gasteiger partial charge in [0.1, 0.15) is 24.8 Å². The first-order valence-corrected chi connectivity index (χ1v) is 12.8. The molecule has 7 nitrogen and oxygen atoms in total. The molecule has 2 rings (SSSR count). The van der Waals surface area contributed by atoms with E-state index in [1.54, 1.807) is 13.8 Å². The number of hydrogen-bond donors (Lipinski definition) is 0. The molecule has 0 heterocycles. The van der Waals surface area contributed by atoms with Gasteiger partial charge in [-0.05, 0) is 52.4 Å². The molecule has 2 fully saturated rings. The summed E-state index contributed by atoms with van der Waals surface area (Å²) in [7, 11) is 0. The van der Waals surface area contributed by atoms with Crippen LogP contribution in [0.4, 0.5) is 0 Å². The monoisotopic (exact) mass is 466 g/mol. The molecule has 2 saturated carbocycles. The molecule has 0 aromatic rings. The van der Waals surface area contributed by atoms with Crippen LogP contribution < -0.4 is 0 Å². The molecule has 0 aliphatic heterocycles. The highest BCUT2D eigenvalue weighted by Crippen LogP contribution is 2.29. The molecule has 2 aliphatic carbocycles. The predicted molar refractivity (Wildman–Crippen MR) is 123 cm³/mol. The van der Waals surface area contributed by atoms with Crippen molar-refractivity contribution in [2.45, 2.75) is 90.9 Å². The van der Waals surface area contributed by atoms with E-state index in [0.717, 1.165) is 64.2 Å². The molecule has 4 atom stereocenters. The zero-order valence-corrected chi connectivity index (χ0v) is 20.5. The molecule has 188 valence electrons. The fraction of sp³-hybridized carbons (Fsp3) is 0.846. The molecule has 0 aromatic heterocycles. The standard InChI is InChI=1S/C26H42O7/c1-19(27)21-9-5-3-7-11-23(17-21)25(29)32-15-13-31-14-16-33-26(30)24-12-8-4-6-10-22(18-24)20(2)28/h21-24H,3-18H2,1-2H3/t21-,22+,23+,24-. The van der Waals surface area contributed by atoms with Crippen LogP contribution in [0.15, 0.2) is 0 Å². The molecule has 0 aromatic carbocycles. The van der Waals surface area contributed by atoms with Crippen LogP contribution in [0.5, 0.6) is 0 Å². The maximum Gasteiger partial charge on any atom is 0.309 e. The largest absolute Gasteiger partial charge is 0.463 e. The van der Waals surface area contributed by atoms with E-state index in [2.05, 4.69) is 0 Å². The highest BCUT2D eigenvalue weighted by molar-refractivity contribution is 5.80. The van der Waals surface area contributed by atoms with Gasteiger partial charge in [-0.25, -0.2) is 0 Å². The van der Waals surface area contributed by atoms with Crippen LogP contribution in [0, 0.1) is 23.7 Å². The number of rotatable bonds is 10. The summed E-state index contributed by atoms with van der Waals surface area (Å²) in [5.41, 5.74) is 0. The van der Waals surface area contributed by atoms with E-state index >= 15 is 0 Å². The van der Waals surface area contributed by atoms with Crippen LogP contribution in [0.2, 0.25) is 0 Å². The Bertz CT molecular complexity index is 591. The Kier molecular flexibility index (Phi) is 12.7. The number of ketones is 2. The second-order valence-electron chi connectivity index (χ2n) is 9.70. The molecule has 0 bridgehead atoms. The van der Waals surface area contributed by atoms with Gasteiger partial charge in [0.2, 0.25) is 0 Å². The van der Waals surface area contributed by atoms with Gasteiger partial charge in [0, 0.05) is 11.8 Å². The van der Waals surface area contributed by atoms with E-state index in [4.69, 9.17) is 14.2 Å². The SMILES string of the molecule is CC(=O)[C@@H]1CCCCC[C@H](C(=O)OCCOCCOC(=O)[C@@H]2CCCCC[C@H](C(C)=O)C2)C1. The molecule has 0 N–H and O–H groups in total. The first-order chi connectivity index (χ1) is 15.9. The molecule has 0 amide bonds. The Morgan fingerprint density at radius 2 is 0.909 bits per heavy atom. The number of carbonyl (C=O) groups is 4. The fourth-order valence-corrected chi connectivity index (χ4v) is 4.98. The third-order valence-electron chi connectivity index (χ3n) is 7.11. The summed E-state index contributed by atoms with van der Waals surface area (Å²) in [4.78, 5) is 48.5. The van der Waals surface area contributed by atoms with Crippen LogP contribution in [0.1, 0.15) is 90.9 Å². The zero-order chi connectivity index (χ0) is 24.1. The van der Waals surface area contributed by atoms with Gasteiger partial charge in [-0.2, -0.15) is 0 Å². The van der Waals surface area contributed by atoms with Gasteiger partial charge >= 0.3 is 11.9 Å². The van der Waals surface area contributed by atoms with Crippen molar-refractivity contribution in [2.24, 2.45) is 23.7 Å². The van der Waals surface area contributed by atoms with Crippen molar-refractivity contribution < 1.29 is 33.4 Å². The van der Waals surface area contributed by atoms with Crippen molar-refractivity contribution in [3.63, 3.8) is 0 Å². The summed E-state index contributed by atoms with van der Waals surface area (Å²) < 4.78 is 16.2. The van der Waals surface area contributed by atoms with Crippen molar-refractivity contribution in [2.75, 3.05) is 26.4 Å². The molecule has 33 heavy (non-hydrogen) atoms. The van der Waals surface area contributed by atoms with Crippen LogP contribution in [-0.2, 0) is 33.4 Å². The minimum Gasteiger partial charge on any atom is -0.463 e. The van der Waals surface area contributed by atoms with E-state index in [1.807, 2.05) is 0 Å². The molecule has 2 aliphatic rings. The predicted octanol–water partition coefficient (Wildman–Crippen LogP) is 4.44. The first-order valence-electron chi connectivity index (χ1n) is 12.8. The summed E-state index contributed by atoms with van der Waals surface area (Å²) in [5.74, 6) is -0.710. The second-order valence-corrected chi connectivity index (χ2v) is 9.70. The Morgan fingerprint density at radius 1 is 0.545 bits per heavy atom. The van der Waals surface area contributed by atoms with Gasteiger partial charge in [0.05, 0.1) is 25.0 Å². The Labute approximate surface area is 198 Å². The third kappa shape index (κ3) is 10.4. The van der Waals surface area contributed by atoms with Crippen molar-refractivity contribution in [3.05, 3.63) is 0 Å². The van der Waals surface area contributed by atoms with Gasteiger partial charge in [-0.1, -0.05) is 38.5 Å². The minimum absolute atomic E-state index is 0.0441. The maximum atomic E-state index is 12.4. The fourth-order valence-electron chi connectivity index (χ4n) is 4.98.